The van der Waals surface area contributed by atoms with Crippen LogP contribution in [0.5, 0.6) is 0 Å². The Kier molecular flexibility index (Phi) is 5.75. The van der Waals surface area contributed by atoms with Gasteiger partial charge in [-0.3, -0.25) is 14.5 Å². The summed E-state index contributed by atoms with van der Waals surface area (Å²) >= 11 is 0. The molecule has 136 valence electrons. The summed E-state index contributed by atoms with van der Waals surface area (Å²) in [6, 6.07) is -0.424. The molecule has 3 atom stereocenters. The molecule has 3 rings (SSSR count). The van der Waals surface area contributed by atoms with Gasteiger partial charge in [-0.2, -0.15) is 0 Å². The van der Waals surface area contributed by atoms with Crippen molar-refractivity contribution in [1.29, 1.82) is 0 Å². The van der Waals surface area contributed by atoms with Crippen LogP contribution in [0.15, 0.2) is 0 Å². The van der Waals surface area contributed by atoms with E-state index < -0.39 is 11.6 Å². The van der Waals surface area contributed by atoms with Gasteiger partial charge in [0.05, 0.1) is 0 Å². The van der Waals surface area contributed by atoms with Crippen molar-refractivity contribution in [2.75, 3.05) is 26.2 Å². The fourth-order valence-electron chi connectivity index (χ4n) is 4.13. The first kappa shape index (κ1) is 19.0. The van der Waals surface area contributed by atoms with Crippen LogP contribution in [-0.4, -0.2) is 59.4 Å². The number of hydrogen-bond donors (Lipinski definition) is 2. The molecule has 2 aliphatic heterocycles. The Morgan fingerprint density at radius 1 is 1.33 bits per heavy atom. The Labute approximate surface area is 148 Å². The van der Waals surface area contributed by atoms with Gasteiger partial charge in [0.25, 0.3) is 5.91 Å². The second kappa shape index (κ2) is 7.27. The van der Waals surface area contributed by atoms with Gasteiger partial charge >= 0.3 is 6.03 Å². The highest BCUT2D eigenvalue weighted by atomic mass is 35.5. The smallest absolute Gasteiger partial charge is 0.325 e. The zero-order valence-electron chi connectivity index (χ0n) is 14.1. The molecule has 3 unspecified atom stereocenters. The van der Waals surface area contributed by atoms with Crippen molar-refractivity contribution in [3.8, 4) is 0 Å². The molecule has 4 amide bonds. The number of nitrogens with two attached hydrogens (primary N) is 1. The number of carbonyl (C=O) groups is 3. The van der Waals surface area contributed by atoms with Gasteiger partial charge in [-0.1, -0.05) is 19.8 Å². The maximum absolute atomic E-state index is 12.8. The number of hydrogen-bond acceptors (Lipinski definition) is 4. The molecule has 3 fully saturated rings. The van der Waals surface area contributed by atoms with Gasteiger partial charge in [-0.15, -0.1) is 12.4 Å². The summed E-state index contributed by atoms with van der Waals surface area (Å²) < 4.78 is 0. The second-order valence-corrected chi connectivity index (χ2v) is 7.17. The molecular weight excluding hydrogens is 332 g/mol. The van der Waals surface area contributed by atoms with Crippen molar-refractivity contribution >= 4 is 30.3 Å². The van der Waals surface area contributed by atoms with Gasteiger partial charge in [0.1, 0.15) is 12.1 Å². The van der Waals surface area contributed by atoms with Crippen molar-refractivity contribution in [1.82, 2.24) is 15.1 Å². The third-order valence-electron chi connectivity index (χ3n) is 5.77. The van der Waals surface area contributed by atoms with E-state index in [0.717, 1.165) is 30.6 Å². The highest BCUT2D eigenvalue weighted by molar-refractivity contribution is 6.09. The molecule has 2 saturated heterocycles. The van der Waals surface area contributed by atoms with Crippen LogP contribution in [0.4, 0.5) is 4.79 Å². The predicted octanol–water partition coefficient (Wildman–Crippen LogP) is 0.716. The lowest BCUT2D eigenvalue weighted by Crippen LogP contribution is -2.54. The van der Waals surface area contributed by atoms with E-state index in [0.29, 0.717) is 32.0 Å². The fourth-order valence-corrected chi connectivity index (χ4v) is 4.13. The van der Waals surface area contributed by atoms with E-state index in [1.807, 2.05) is 6.92 Å². The minimum Gasteiger partial charge on any atom is -0.341 e. The van der Waals surface area contributed by atoms with Crippen LogP contribution < -0.4 is 11.1 Å². The topological polar surface area (TPSA) is 95.7 Å². The number of imide groups is 1. The van der Waals surface area contributed by atoms with Gasteiger partial charge in [-0.05, 0) is 37.6 Å². The van der Waals surface area contributed by atoms with Crippen LogP contribution >= 0.6 is 12.4 Å². The lowest BCUT2D eigenvalue weighted by molar-refractivity contribution is -0.140. The van der Waals surface area contributed by atoms with Gasteiger partial charge in [-0.25, -0.2) is 4.79 Å². The first-order valence-corrected chi connectivity index (χ1v) is 8.60. The van der Waals surface area contributed by atoms with Crippen LogP contribution in [0.2, 0.25) is 0 Å². The summed E-state index contributed by atoms with van der Waals surface area (Å²) in [5.41, 5.74) is 4.85. The molecule has 24 heavy (non-hydrogen) atoms. The van der Waals surface area contributed by atoms with Crippen molar-refractivity contribution < 1.29 is 14.4 Å². The molecule has 1 spiro atoms. The van der Waals surface area contributed by atoms with E-state index in [2.05, 4.69) is 5.32 Å². The molecule has 1 aliphatic carbocycles. The standard InChI is InChI=1S/C16H26N4O3.ClH/c1-11-4-2-3-6-16(11)14(22)20(15(23)18-16)10-13(21)19-7-5-12(8-17)9-19;/h11-12H,2-10,17H2,1H3,(H,18,23);1H. The normalized spacial score (nSPS) is 32.9. The number of carbonyl (C=O) groups excluding carboxylic acids is 3. The molecule has 0 aromatic rings. The summed E-state index contributed by atoms with van der Waals surface area (Å²) in [5, 5.41) is 2.88. The largest absolute Gasteiger partial charge is 0.341 e. The molecule has 0 aromatic heterocycles. The SMILES string of the molecule is CC1CCCCC12NC(=O)N(CC(=O)N1CCC(CN)C1)C2=O.Cl. The molecule has 7 nitrogen and oxygen atoms in total. The fraction of sp³-hybridized carbons (Fsp3) is 0.812. The zero-order valence-corrected chi connectivity index (χ0v) is 14.9. The number of amides is 4. The Balaban J connectivity index is 0.00000208. The average molecular weight is 359 g/mol. The molecule has 0 radical (unpaired) electrons. The highest BCUT2D eigenvalue weighted by Crippen LogP contribution is 2.38. The number of urea groups is 1. The van der Waals surface area contributed by atoms with Crippen molar-refractivity contribution in [2.45, 2.75) is 44.6 Å². The van der Waals surface area contributed by atoms with Crippen molar-refractivity contribution in [3.05, 3.63) is 0 Å². The van der Waals surface area contributed by atoms with Crippen LogP contribution in [0, 0.1) is 11.8 Å². The van der Waals surface area contributed by atoms with E-state index in [9.17, 15) is 14.4 Å². The van der Waals surface area contributed by atoms with Crippen LogP contribution in [-0.2, 0) is 9.59 Å². The third kappa shape index (κ3) is 3.11. The summed E-state index contributed by atoms with van der Waals surface area (Å²) in [4.78, 5) is 40.3. The van der Waals surface area contributed by atoms with E-state index >= 15 is 0 Å². The molecule has 8 heteroatoms. The van der Waals surface area contributed by atoms with Gasteiger partial charge < -0.3 is 16.0 Å². The van der Waals surface area contributed by atoms with Crippen LogP contribution in [0.25, 0.3) is 0 Å². The second-order valence-electron chi connectivity index (χ2n) is 7.17. The number of nitrogens with one attached hydrogen (secondary N) is 1. The Morgan fingerprint density at radius 2 is 2.08 bits per heavy atom. The number of rotatable bonds is 3. The lowest BCUT2D eigenvalue weighted by Gasteiger charge is -2.36. The van der Waals surface area contributed by atoms with Crippen molar-refractivity contribution in [3.63, 3.8) is 0 Å². The molecule has 3 N–H and O–H groups in total. The first-order chi connectivity index (χ1) is 11.0. The lowest BCUT2D eigenvalue weighted by atomic mass is 9.73. The Bertz CT molecular complexity index is 529. The average Bonchev–Trinajstić information content (AvgIpc) is 3.10. The molecule has 3 aliphatic rings. The molecule has 0 aromatic carbocycles. The molecule has 0 bridgehead atoms. The maximum Gasteiger partial charge on any atom is 0.325 e. The van der Waals surface area contributed by atoms with E-state index in [1.165, 1.54) is 0 Å². The minimum atomic E-state index is -0.791. The summed E-state index contributed by atoms with van der Waals surface area (Å²) in [6.45, 7) is 3.70. The summed E-state index contributed by atoms with van der Waals surface area (Å²) in [5.74, 6) is 0.0514. The molecular formula is C16H27ClN4O3. The summed E-state index contributed by atoms with van der Waals surface area (Å²) in [6.07, 6.45) is 4.51. The van der Waals surface area contributed by atoms with E-state index in [1.54, 1.807) is 4.90 Å². The number of likely N-dealkylation sites (tertiary alicyclic amines) is 1. The quantitative estimate of drug-likeness (QED) is 0.726. The van der Waals surface area contributed by atoms with Crippen LogP contribution in [0.3, 0.4) is 0 Å². The molecule has 2 heterocycles. The van der Waals surface area contributed by atoms with Gasteiger partial charge in [0.15, 0.2) is 0 Å². The van der Waals surface area contributed by atoms with E-state index in [-0.39, 0.29) is 36.7 Å². The third-order valence-corrected chi connectivity index (χ3v) is 5.77. The predicted molar refractivity (Wildman–Crippen MR) is 91.6 cm³/mol. The van der Waals surface area contributed by atoms with E-state index in [4.69, 9.17) is 5.73 Å². The Morgan fingerprint density at radius 3 is 2.71 bits per heavy atom. The molecule has 1 saturated carbocycles. The highest BCUT2D eigenvalue weighted by Gasteiger charge is 2.55. The monoisotopic (exact) mass is 358 g/mol. The maximum atomic E-state index is 12.8. The number of halogens is 1. The minimum absolute atomic E-state index is 0. The number of nitrogens with zero attached hydrogens (tertiary/aromatic N) is 2. The Hall–Kier alpha value is -1.34. The zero-order chi connectivity index (χ0) is 16.6. The summed E-state index contributed by atoms with van der Waals surface area (Å²) in [7, 11) is 0. The van der Waals surface area contributed by atoms with Gasteiger partial charge in [0, 0.05) is 13.1 Å². The first-order valence-electron chi connectivity index (χ1n) is 8.60. The van der Waals surface area contributed by atoms with Gasteiger partial charge in [0.2, 0.25) is 5.91 Å². The van der Waals surface area contributed by atoms with Crippen LogP contribution in [0.1, 0.15) is 39.0 Å². The van der Waals surface area contributed by atoms with Crippen molar-refractivity contribution in [2.24, 2.45) is 17.6 Å².